The Morgan fingerprint density at radius 1 is 1.32 bits per heavy atom. The molecule has 1 saturated carbocycles. The molecule has 19 heavy (non-hydrogen) atoms. The quantitative estimate of drug-likeness (QED) is 0.874. The van der Waals surface area contributed by atoms with Gasteiger partial charge in [0.2, 0.25) is 5.91 Å². The van der Waals surface area contributed by atoms with E-state index in [0.29, 0.717) is 18.9 Å². The maximum atomic E-state index is 11.8. The molecule has 0 radical (unpaired) electrons. The SMILES string of the molecule is N[C@@H]1CCC[C@H]1CC(=O)NCCc1ccc(Br)cc1. The van der Waals surface area contributed by atoms with E-state index in [1.165, 1.54) is 5.56 Å². The van der Waals surface area contributed by atoms with Crippen molar-refractivity contribution in [2.75, 3.05) is 6.54 Å². The van der Waals surface area contributed by atoms with E-state index >= 15 is 0 Å². The number of nitrogens with two attached hydrogens (primary N) is 1. The van der Waals surface area contributed by atoms with Crippen LogP contribution in [0.15, 0.2) is 28.7 Å². The highest BCUT2D eigenvalue weighted by molar-refractivity contribution is 9.10. The molecule has 2 atom stereocenters. The van der Waals surface area contributed by atoms with Gasteiger partial charge in [-0.15, -0.1) is 0 Å². The average molecular weight is 325 g/mol. The van der Waals surface area contributed by atoms with Crippen molar-refractivity contribution in [2.45, 2.75) is 38.1 Å². The molecule has 104 valence electrons. The number of hydrogen-bond donors (Lipinski definition) is 2. The largest absolute Gasteiger partial charge is 0.356 e. The number of rotatable bonds is 5. The van der Waals surface area contributed by atoms with E-state index in [-0.39, 0.29) is 11.9 Å². The Morgan fingerprint density at radius 2 is 2.05 bits per heavy atom. The summed E-state index contributed by atoms with van der Waals surface area (Å²) in [6.45, 7) is 0.697. The highest BCUT2D eigenvalue weighted by Gasteiger charge is 2.25. The first-order chi connectivity index (χ1) is 9.15. The Kier molecular flexibility index (Phi) is 5.40. The summed E-state index contributed by atoms with van der Waals surface area (Å²) in [5, 5.41) is 2.99. The van der Waals surface area contributed by atoms with Crippen LogP contribution in [0.2, 0.25) is 0 Å². The number of nitrogens with one attached hydrogen (secondary N) is 1. The molecule has 0 aliphatic heterocycles. The minimum Gasteiger partial charge on any atom is -0.356 e. The maximum absolute atomic E-state index is 11.8. The fourth-order valence-corrected chi connectivity index (χ4v) is 2.89. The van der Waals surface area contributed by atoms with Gasteiger partial charge in [0.25, 0.3) is 0 Å². The standard InChI is InChI=1S/C15H21BrN2O/c16-13-6-4-11(5-7-13)8-9-18-15(19)10-12-2-1-3-14(12)17/h4-7,12,14H,1-3,8-10,17H2,(H,18,19)/t12-,14+/m0/s1. The third kappa shape index (κ3) is 4.62. The van der Waals surface area contributed by atoms with E-state index in [1.807, 2.05) is 12.1 Å². The van der Waals surface area contributed by atoms with Crippen molar-refractivity contribution in [2.24, 2.45) is 11.7 Å². The molecule has 3 nitrogen and oxygen atoms in total. The fourth-order valence-electron chi connectivity index (χ4n) is 2.63. The van der Waals surface area contributed by atoms with Crippen LogP contribution in [0, 0.1) is 5.92 Å². The van der Waals surface area contributed by atoms with Gasteiger partial charge >= 0.3 is 0 Å². The molecule has 0 aromatic heterocycles. The van der Waals surface area contributed by atoms with Crippen molar-refractivity contribution >= 4 is 21.8 Å². The Labute approximate surface area is 123 Å². The molecule has 1 aromatic carbocycles. The van der Waals surface area contributed by atoms with Crippen molar-refractivity contribution < 1.29 is 4.79 Å². The predicted molar refractivity (Wildman–Crippen MR) is 80.8 cm³/mol. The van der Waals surface area contributed by atoms with Gasteiger partial charge in [-0.3, -0.25) is 4.79 Å². The van der Waals surface area contributed by atoms with Gasteiger partial charge in [0.1, 0.15) is 0 Å². The van der Waals surface area contributed by atoms with Gasteiger partial charge in [0.05, 0.1) is 0 Å². The third-order valence-electron chi connectivity index (χ3n) is 3.81. The van der Waals surface area contributed by atoms with E-state index in [1.54, 1.807) is 0 Å². The predicted octanol–water partition coefficient (Wildman–Crippen LogP) is 2.63. The first kappa shape index (κ1) is 14.5. The maximum Gasteiger partial charge on any atom is 0.220 e. The zero-order valence-corrected chi connectivity index (χ0v) is 12.7. The van der Waals surface area contributed by atoms with Gasteiger partial charge < -0.3 is 11.1 Å². The molecule has 2 rings (SSSR count). The Hall–Kier alpha value is -0.870. The average Bonchev–Trinajstić information content (AvgIpc) is 2.78. The summed E-state index contributed by atoms with van der Waals surface area (Å²) in [5.74, 6) is 0.521. The van der Waals surface area contributed by atoms with Crippen LogP contribution < -0.4 is 11.1 Å². The van der Waals surface area contributed by atoms with Crippen LogP contribution >= 0.6 is 15.9 Å². The minimum absolute atomic E-state index is 0.138. The number of hydrogen-bond acceptors (Lipinski definition) is 2. The molecule has 3 N–H and O–H groups in total. The van der Waals surface area contributed by atoms with Crippen molar-refractivity contribution in [3.8, 4) is 0 Å². The van der Waals surface area contributed by atoms with Crippen LogP contribution in [0.4, 0.5) is 0 Å². The van der Waals surface area contributed by atoms with E-state index < -0.39 is 0 Å². The van der Waals surface area contributed by atoms with E-state index in [2.05, 4.69) is 33.4 Å². The van der Waals surface area contributed by atoms with Crippen LogP contribution in [0.25, 0.3) is 0 Å². The fraction of sp³-hybridized carbons (Fsp3) is 0.533. The van der Waals surface area contributed by atoms with Gasteiger partial charge in [-0.1, -0.05) is 34.5 Å². The highest BCUT2D eigenvalue weighted by Crippen LogP contribution is 2.26. The smallest absolute Gasteiger partial charge is 0.220 e. The summed E-state index contributed by atoms with van der Waals surface area (Å²) in [6.07, 6.45) is 4.79. The first-order valence-electron chi connectivity index (χ1n) is 6.92. The molecule has 0 bridgehead atoms. The normalized spacial score (nSPS) is 22.4. The van der Waals surface area contributed by atoms with Crippen LogP contribution in [-0.2, 0) is 11.2 Å². The molecule has 1 aliphatic rings. The zero-order chi connectivity index (χ0) is 13.7. The van der Waals surface area contributed by atoms with Crippen molar-refractivity contribution in [1.29, 1.82) is 0 Å². The van der Waals surface area contributed by atoms with Crippen molar-refractivity contribution in [3.05, 3.63) is 34.3 Å². The van der Waals surface area contributed by atoms with Gasteiger partial charge in [0.15, 0.2) is 0 Å². The van der Waals surface area contributed by atoms with E-state index in [0.717, 1.165) is 30.2 Å². The molecule has 0 saturated heterocycles. The lowest BCUT2D eigenvalue weighted by Crippen LogP contribution is -2.32. The number of amides is 1. The van der Waals surface area contributed by atoms with E-state index in [9.17, 15) is 4.79 Å². The summed E-state index contributed by atoms with van der Waals surface area (Å²) in [6, 6.07) is 8.41. The van der Waals surface area contributed by atoms with Crippen molar-refractivity contribution in [3.63, 3.8) is 0 Å². The Bertz CT molecular complexity index is 419. The molecule has 0 unspecified atom stereocenters. The molecule has 1 aromatic rings. The molecular formula is C15H21BrN2O. The van der Waals surface area contributed by atoms with Gasteiger partial charge in [-0.05, 0) is 42.9 Å². The molecule has 0 spiro atoms. The number of benzene rings is 1. The molecular weight excluding hydrogens is 304 g/mol. The third-order valence-corrected chi connectivity index (χ3v) is 4.34. The lowest BCUT2D eigenvalue weighted by Gasteiger charge is -2.14. The Balaban J connectivity index is 1.67. The second-order valence-electron chi connectivity index (χ2n) is 5.29. The monoisotopic (exact) mass is 324 g/mol. The number of halogens is 1. The first-order valence-corrected chi connectivity index (χ1v) is 7.71. The van der Waals surface area contributed by atoms with Crippen LogP contribution in [0.5, 0.6) is 0 Å². The summed E-state index contributed by atoms with van der Waals surface area (Å²) >= 11 is 3.41. The van der Waals surface area contributed by atoms with Gasteiger partial charge in [-0.25, -0.2) is 0 Å². The second-order valence-corrected chi connectivity index (χ2v) is 6.20. The number of carbonyl (C=O) groups is 1. The highest BCUT2D eigenvalue weighted by atomic mass is 79.9. The minimum atomic E-state index is 0.138. The lowest BCUT2D eigenvalue weighted by atomic mass is 10.00. The zero-order valence-electron chi connectivity index (χ0n) is 11.1. The molecule has 4 heteroatoms. The lowest BCUT2D eigenvalue weighted by molar-refractivity contribution is -0.122. The van der Waals surface area contributed by atoms with E-state index in [4.69, 9.17) is 5.73 Å². The summed E-state index contributed by atoms with van der Waals surface area (Å²) in [7, 11) is 0. The summed E-state index contributed by atoms with van der Waals surface area (Å²) < 4.78 is 1.08. The van der Waals surface area contributed by atoms with Crippen LogP contribution in [-0.4, -0.2) is 18.5 Å². The van der Waals surface area contributed by atoms with Crippen LogP contribution in [0.3, 0.4) is 0 Å². The topological polar surface area (TPSA) is 55.1 Å². The van der Waals surface area contributed by atoms with Gasteiger partial charge in [0, 0.05) is 23.5 Å². The molecule has 1 amide bonds. The Morgan fingerprint density at radius 3 is 2.68 bits per heavy atom. The van der Waals surface area contributed by atoms with Gasteiger partial charge in [-0.2, -0.15) is 0 Å². The summed E-state index contributed by atoms with van der Waals surface area (Å²) in [4.78, 5) is 11.8. The van der Waals surface area contributed by atoms with Crippen LogP contribution in [0.1, 0.15) is 31.2 Å². The summed E-state index contributed by atoms with van der Waals surface area (Å²) in [5.41, 5.74) is 7.21. The molecule has 1 aliphatic carbocycles. The number of carbonyl (C=O) groups excluding carboxylic acids is 1. The molecule has 0 heterocycles. The van der Waals surface area contributed by atoms with Crippen molar-refractivity contribution in [1.82, 2.24) is 5.32 Å². The molecule has 1 fully saturated rings. The second kappa shape index (κ2) is 7.06.